The van der Waals surface area contributed by atoms with Crippen LogP contribution in [0.1, 0.15) is 17.2 Å². The van der Waals surface area contributed by atoms with E-state index in [0.29, 0.717) is 18.9 Å². The molecule has 25 heavy (non-hydrogen) atoms. The van der Waals surface area contributed by atoms with Crippen molar-refractivity contribution in [2.45, 2.75) is 12.5 Å². The van der Waals surface area contributed by atoms with Gasteiger partial charge in [-0.3, -0.25) is 4.79 Å². The summed E-state index contributed by atoms with van der Waals surface area (Å²) in [5, 5.41) is 12.9. The van der Waals surface area contributed by atoms with E-state index in [1.807, 2.05) is 0 Å². The van der Waals surface area contributed by atoms with Crippen molar-refractivity contribution >= 4 is 5.91 Å². The van der Waals surface area contributed by atoms with E-state index in [-0.39, 0.29) is 18.5 Å². The Morgan fingerprint density at radius 2 is 1.80 bits per heavy atom. The fraction of sp³-hybridized carbons (Fsp3) is 0.278. The Labute approximate surface area is 144 Å². The number of nitrogens with two attached hydrogens (primary N) is 1. The Balaban J connectivity index is 1.69. The number of halogens is 2. The molecule has 0 spiro atoms. The fourth-order valence-electron chi connectivity index (χ4n) is 2.27. The topological polar surface area (TPSA) is 84.6 Å². The van der Waals surface area contributed by atoms with Gasteiger partial charge in [-0.15, -0.1) is 0 Å². The van der Waals surface area contributed by atoms with Gasteiger partial charge in [-0.05, 0) is 35.4 Å². The maximum Gasteiger partial charge on any atom is 0.221 e. The van der Waals surface area contributed by atoms with E-state index in [9.17, 15) is 18.7 Å². The molecule has 0 bridgehead atoms. The first kappa shape index (κ1) is 18.8. The Hall–Kier alpha value is -2.51. The highest BCUT2D eigenvalue weighted by molar-refractivity contribution is 5.76. The van der Waals surface area contributed by atoms with E-state index in [0.717, 1.165) is 23.8 Å². The molecule has 0 heterocycles. The van der Waals surface area contributed by atoms with Crippen molar-refractivity contribution in [3.63, 3.8) is 0 Å². The Bertz CT molecular complexity index is 688. The van der Waals surface area contributed by atoms with Crippen LogP contribution in [0.15, 0.2) is 42.5 Å². The average molecular weight is 350 g/mol. The predicted molar refractivity (Wildman–Crippen MR) is 89.0 cm³/mol. The molecule has 1 unspecified atom stereocenters. The van der Waals surface area contributed by atoms with Crippen molar-refractivity contribution in [1.29, 1.82) is 0 Å². The second kappa shape index (κ2) is 9.10. The largest absolute Gasteiger partial charge is 0.492 e. The van der Waals surface area contributed by atoms with Crippen LogP contribution in [-0.2, 0) is 11.2 Å². The van der Waals surface area contributed by atoms with Gasteiger partial charge < -0.3 is 20.9 Å². The van der Waals surface area contributed by atoms with Gasteiger partial charge in [-0.25, -0.2) is 8.78 Å². The lowest BCUT2D eigenvalue weighted by molar-refractivity contribution is -0.117. The number of nitrogens with one attached hydrogen (secondary N) is 1. The summed E-state index contributed by atoms with van der Waals surface area (Å²) >= 11 is 0. The summed E-state index contributed by atoms with van der Waals surface area (Å²) in [6.45, 7) is 0.932. The van der Waals surface area contributed by atoms with Gasteiger partial charge in [0.15, 0.2) is 0 Å². The number of aliphatic hydroxyl groups excluding tert-OH is 1. The number of aliphatic hydroxyl groups is 1. The van der Waals surface area contributed by atoms with Crippen LogP contribution in [0.25, 0.3) is 0 Å². The van der Waals surface area contributed by atoms with Gasteiger partial charge in [-0.2, -0.15) is 0 Å². The van der Waals surface area contributed by atoms with Crippen LogP contribution < -0.4 is 15.8 Å². The highest BCUT2D eigenvalue weighted by atomic mass is 19.1. The first-order valence-corrected chi connectivity index (χ1v) is 7.79. The van der Waals surface area contributed by atoms with Crippen LogP contribution in [0.2, 0.25) is 0 Å². The maximum atomic E-state index is 13.1. The molecule has 134 valence electrons. The van der Waals surface area contributed by atoms with Crippen LogP contribution >= 0.6 is 0 Å². The quantitative estimate of drug-likeness (QED) is 0.601. The lowest BCUT2D eigenvalue weighted by Gasteiger charge is -2.13. The molecule has 1 amide bonds. The zero-order valence-electron chi connectivity index (χ0n) is 13.5. The van der Waals surface area contributed by atoms with E-state index in [1.165, 1.54) is 0 Å². The monoisotopic (exact) mass is 350 g/mol. The van der Waals surface area contributed by atoms with Gasteiger partial charge in [0.2, 0.25) is 5.91 Å². The summed E-state index contributed by atoms with van der Waals surface area (Å²) in [4.78, 5) is 10.8. The number of hydrogen-bond acceptors (Lipinski definition) is 4. The number of ether oxygens (including phenoxy) is 1. The summed E-state index contributed by atoms with van der Waals surface area (Å²) in [5.74, 6) is -1.20. The second-order valence-electron chi connectivity index (χ2n) is 5.56. The molecule has 0 radical (unpaired) electrons. The molecule has 5 nitrogen and oxygen atoms in total. The normalized spacial score (nSPS) is 12.0. The van der Waals surface area contributed by atoms with E-state index >= 15 is 0 Å². The lowest BCUT2D eigenvalue weighted by atomic mass is 10.1. The molecule has 2 aromatic rings. The third-order valence-electron chi connectivity index (χ3n) is 3.46. The zero-order valence-corrected chi connectivity index (χ0v) is 13.5. The molecule has 0 aliphatic heterocycles. The minimum atomic E-state index is -1.02. The first-order valence-electron chi connectivity index (χ1n) is 7.79. The van der Waals surface area contributed by atoms with Gasteiger partial charge >= 0.3 is 0 Å². The summed E-state index contributed by atoms with van der Waals surface area (Å²) < 4.78 is 31.7. The predicted octanol–water partition coefficient (Wildman–Crippen LogP) is 1.69. The Morgan fingerprint density at radius 1 is 1.16 bits per heavy atom. The summed E-state index contributed by atoms with van der Waals surface area (Å²) in [5.41, 5.74) is 6.10. The highest BCUT2D eigenvalue weighted by Crippen LogP contribution is 2.15. The minimum Gasteiger partial charge on any atom is -0.492 e. The van der Waals surface area contributed by atoms with Gasteiger partial charge in [0, 0.05) is 19.2 Å². The lowest BCUT2D eigenvalue weighted by Crippen LogP contribution is -2.26. The van der Waals surface area contributed by atoms with Gasteiger partial charge in [-0.1, -0.05) is 12.1 Å². The molecule has 2 rings (SSSR count). The number of primary amides is 1. The smallest absolute Gasteiger partial charge is 0.221 e. The second-order valence-corrected chi connectivity index (χ2v) is 5.56. The first-order chi connectivity index (χ1) is 11.9. The summed E-state index contributed by atoms with van der Waals surface area (Å²) in [6.07, 6.45) is -0.835. The summed E-state index contributed by atoms with van der Waals surface area (Å²) in [7, 11) is 0. The van der Waals surface area contributed by atoms with Gasteiger partial charge in [0.25, 0.3) is 0 Å². The van der Waals surface area contributed by atoms with Crippen LogP contribution in [-0.4, -0.2) is 30.7 Å². The molecule has 0 fully saturated rings. The van der Waals surface area contributed by atoms with Crippen LogP contribution in [0.5, 0.6) is 5.75 Å². The molecule has 0 aliphatic carbocycles. The molecule has 0 saturated heterocycles. The van der Waals surface area contributed by atoms with E-state index < -0.39 is 23.6 Å². The van der Waals surface area contributed by atoms with E-state index in [2.05, 4.69) is 5.32 Å². The van der Waals surface area contributed by atoms with Gasteiger partial charge in [0.1, 0.15) is 24.0 Å². The third-order valence-corrected chi connectivity index (χ3v) is 3.46. The standard InChI is InChI=1S/C18H20F2N2O3/c19-14-8-13(9-15(20)10-14)17(23)11-22-5-6-25-16-3-1-12(2-4-16)7-18(21)24/h1-4,8-10,17,22-23H,5-7,11H2,(H2,21,24). The number of amides is 1. The van der Waals surface area contributed by atoms with E-state index in [1.54, 1.807) is 24.3 Å². The van der Waals surface area contributed by atoms with Crippen molar-refractivity contribution in [1.82, 2.24) is 5.32 Å². The fourth-order valence-corrected chi connectivity index (χ4v) is 2.27. The number of carbonyl (C=O) groups excluding carboxylic acids is 1. The average Bonchev–Trinajstić information content (AvgIpc) is 2.54. The number of carbonyl (C=O) groups is 1. The van der Waals surface area contributed by atoms with Crippen LogP contribution in [0.4, 0.5) is 8.78 Å². The molecule has 2 aromatic carbocycles. The number of hydrogen-bond donors (Lipinski definition) is 3. The molecular formula is C18H20F2N2O3. The molecule has 4 N–H and O–H groups in total. The van der Waals surface area contributed by atoms with Crippen molar-refractivity contribution in [3.8, 4) is 5.75 Å². The Morgan fingerprint density at radius 3 is 2.40 bits per heavy atom. The highest BCUT2D eigenvalue weighted by Gasteiger charge is 2.10. The molecule has 0 aliphatic rings. The van der Waals surface area contributed by atoms with Crippen molar-refractivity contribution < 1.29 is 23.4 Å². The number of benzene rings is 2. The van der Waals surface area contributed by atoms with Crippen LogP contribution in [0, 0.1) is 11.6 Å². The molecule has 0 aromatic heterocycles. The zero-order chi connectivity index (χ0) is 18.2. The molecule has 7 heteroatoms. The molecule has 0 saturated carbocycles. The maximum absolute atomic E-state index is 13.1. The molecular weight excluding hydrogens is 330 g/mol. The summed E-state index contributed by atoms with van der Waals surface area (Å²) in [6, 6.07) is 9.95. The van der Waals surface area contributed by atoms with Crippen molar-refractivity contribution in [3.05, 3.63) is 65.2 Å². The van der Waals surface area contributed by atoms with E-state index in [4.69, 9.17) is 10.5 Å². The molecule has 1 atom stereocenters. The Kier molecular flexibility index (Phi) is 6.85. The van der Waals surface area contributed by atoms with Gasteiger partial charge in [0.05, 0.1) is 12.5 Å². The van der Waals surface area contributed by atoms with Crippen molar-refractivity contribution in [2.75, 3.05) is 19.7 Å². The minimum absolute atomic E-state index is 0.143. The third kappa shape index (κ3) is 6.48. The van der Waals surface area contributed by atoms with Crippen LogP contribution in [0.3, 0.4) is 0 Å². The van der Waals surface area contributed by atoms with Crippen molar-refractivity contribution in [2.24, 2.45) is 5.73 Å². The number of rotatable bonds is 9. The SMILES string of the molecule is NC(=O)Cc1ccc(OCCNCC(O)c2cc(F)cc(F)c2)cc1.